The van der Waals surface area contributed by atoms with Gasteiger partial charge in [0.05, 0.1) is 21.3 Å². The summed E-state index contributed by atoms with van der Waals surface area (Å²) in [6, 6.07) is 11.6. The van der Waals surface area contributed by atoms with Gasteiger partial charge in [-0.25, -0.2) is 8.42 Å². The van der Waals surface area contributed by atoms with E-state index in [9.17, 15) is 8.42 Å². The number of nitrogen functional groups attached to an aromatic ring is 1. The molecular formula is C15H17ClN2O2S. The van der Waals surface area contributed by atoms with Crippen molar-refractivity contribution in [2.24, 2.45) is 0 Å². The minimum atomic E-state index is -3.70. The third-order valence-electron chi connectivity index (χ3n) is 3.05. The molecule has 4 nitrogen and oxygen atoms in total. The smallest absolute Gasteiger partial charge is 0.262 e. The summed E-state index contributed by atoms with van der Waals surface area (Å²) in [5.41, 5.74) is 7.36. The third kappa shape index (κ3) is 3.68. The highest BCUT2D eigenvalue weighted by molar-refractivity contribution is 7.92. The first kappa shape index (κ1) is 15.7. The minimum Gasteiger partial charge on any atom is -0.397 e. The van der Waals surface area contributed by atoms with E-state index in [4.69, 9.17) is 17.3 Å². The Morgan fingerprint density at radius 1 is 1.14 bits per heavy atom. The van der Waals surface area contributed by atoms with E-state index in [2.05, 4.69) is 11.6 Å². The lowest BCUT2D eigenvalue weighted by Gasteiger charge is -2.12. The number of para-hydroxylation sites is 1. The van der Waals surface area contributed by atoms with Crippen LogP contribution in [-0.2, 0) is 16.4 Å². The van der Waals surface area contributed by atoms with Gasteiger partial charge in [0.15, 0.2) is 0 Å². The number of rotatable bonds is 5. The predicted molar refractivity (Wildman–Crippen MR) is 87.1 cm³/mol. The number of hydrogen-bond acceptors (Lipinski definition) is 3. The van der Waals surface area contributed by atoms with E-state index in [1.807, 2.05) is 12.1 Å². The van der Waals surface area contributed by atoms with Gasteiger partial charge in [-0.2, -0.15) is 0 Å². The van der Waals surface area contributed by atoms with Gasteiger partial charge < -0.3 is 5.73 Å². The Bertz CT molecular complexity index is 708. The van der Waals surface area contributed by atoms with Crippen LogP contribution in [0.15, 0.2) is 47.4 Å². The molecule has 2 rings (SSSR count). The molecule has 0 aliphatic carbocycles. The van der Waals surface area contributed by atoms with Crippen LogP contribution < -0.4 is 10.5 Å². The first-order valence-corrected chi connectivity index (χ1v) is 8.46. The van der Waals surface area contributed by atoms with Gasteiger partial charge in [-0.3, -0.25) is 4.72 Å². The van der Waals surface area contributed by atoms with E-state index in [1.54, 1.807) is 30.3 Å². The largest absolute Gasteiger partial charge is 0.397 e. The van der Waals surface area contributed by atoms with Crippen LogP contribution in [-0.4, -0.2) is 8.42 Å². The van der Waals surface area contributed by atoms with Crippen LogP contribution in [0.3, 0.4) is 0 Å². The van der Waals surface area contributed by atoms with Crippen LogP contribution in [0.4, 0.5) is 11.4 Å². The van der Waals surface area contributed by atoms with E-state index in [0.717, 1.165) is 18.4 Å². The summed E-state index contributed by atoms with van der Waals surface area (Å²) in [7, 11) is -3.70. The lowest BCUT2D eigenvalue weighted by atomic mass is 10.1. The number of aryl methyl sites for hydroxylation is 1. The van der Waals surface area contributed by atoms with Crippen molar-refractivity contribution in [2.45, 2.75) is 24.7 Å². The number of sulfonamides is 1. The van der Waals surface area contributed by atoms with E-state index in [0.29, 0.717) is 0 Å². The molecule has 0 aliphatic rings. The van der Waals surface area contributed by atoms with Crippen LogP contribution in [0.25, 0.3) is 0 Å². The Hall–Kier alpha value is -1.72. The van der Waals surface area contributed by atoms with Gasteiger partial charge in [-0.1, -0.05) is 43.1 Å². The molecule has 0 unspecified atom stereocenters. The Morgan fingerprint density at radius 2 is 1.81 bits per heavy atom. The highest BCUT2D eigenvalue weighted by Gasteiger charge is 2.17. The highest BCUT2D eigenvalue weighted by atomic mass is 35.5. The van der Waals surface area contributed by atoms with Crippen molar-refractivity contribution >= 4 is 33.0 Å². The standard InChI is InChI=1S/C15H17ClN2O2S/c1-2-4-11-7-9-12(10-8-11)21(19,20)18-15-13(16)5-3-6-14(15)17/h3,5-10,18H,2,4,17H2,1H3. The van der Waals surface area contributed by atoms with Crippen molar-refractivity contribution in [3.8, 4) is 0 Å². The highest BCUT2D eigenvalue weighted by Crippen LogP contribution is 2.30. The number of hydrogen-bond donors (Lipinski definition) is 2. The topological polar surface area (TPSA) is 72.2 Å². The second-order valence-corrected chi connectivity index (χ2v) is 6.79. The summed E-state index contributed by atoms with van der Waals surface area (Å²) in [6.07, 6.45) is 1.94. The summed E-state index contributed by atoms with van der Waals surface area (Å²) >= 11 is 5.98. The molecule has 0 heterocycles. The fraction of sp³-hybridized carbons (Fsp3) is 0.200. The summed E-state index contributed by atoms with van der Waals surface area (Å²) in [5, 5.41) is 0.265. The average molecular weight is 325 g/mol. The van der Waals surface area contributed by atoms with Crippen LogP contribution in [0, 0.1) is 0 Å². The molecule has 0 aromatic heterocycles. The zero-order valence-corrected chi connectivity index (χ0v) is 13.2. The molecule has 0 aliphatic heterocycles. The monoisotopic (exact) mass is 324 g/mol. The van der Waals surface area contributed by atoms with Crippen molar-refractivity contribution in [3.63, 3.8) is 0 Å². The Morgan fingerprint density at radius 3 is 2.38 bits per heavy atom. The van der Waals surface area contributed by atoms with E-state index < -0.39 is 10.0 Å². The number of halogens is 1. The number of nitrogens with two attached hydrogens (primary N) is 1. The van der Waals surface area contributed by atoms with E-state index in [-0.39, 0.29) is 21.3 Å². The molecule has 0 amide bonds. The first-order valence-electron chi connectivity index (χ1n) is 6.60. The maximum atomic E-state index is 12.3. The number of benzene rings is 2. The predicted octanol–water partition coefficient (Wildman–Crippen LogP) is 3.68. The molecule has 0 spiro atoms. The zero-order chi connectivity index (χ0) is 15.5. The Kier molecular flexibility index (Phi) is 4.75. The van der Waals surface area contributed by atoms with Crippen molar-refractivity contribution in [2.75, 3.05) is 10.5 Å². The molecule has 0 atom stereocenters. The van der Waals surface area contributed by atoms with Gasteiger partial charge in [0.2, 0.25) is 0 Å². The minimum absolute atomic E-state index is 0.182. The molecule has 6 heteroatoms. The molecule has 2 aromatic rings. The molecule has 0 radical (unpaired) electrons. The quantitative estimate of drug-likeness (QED) is 0.824. The Balaban J connectivity index is 2.30. The van der Waals surface area contributed by atoms with Crippen LogP contribution in [0.2, 0.25) is 5.02 Å². The molecule has 3 N–H and O–H groups in total. The van der Waals surface area contributed by atoms with E-state index >= 15 is 0 Å². The third-order valence-corrected chi connectivity index (χ3v) is 4.74. The van der Waals surface area contributed by atoms with E-state index in [1.165, 1.54) is 0 Å². The number of anilines is 2. The van der Waals surface area contributed by atoms with Gasteiger partial charge >= 0.3 is 0 Å². The summed E-state index contributed by atoms with van der Waals surface area (Å²) in [6.45, 7) is 2.08. The fourth-order valence-electron chi connectivity index (χ4n) is 1.97. The van der Waals surface area contributed by atoms with Gasteiger partial charge in [0.1, 0.15) is 0 Å². The molecule has 21 heavy (non-hydrogen) atoms. The fourth-order valence-corrected chi connectivity index (χ4v) is 3.36. The maximum Gasteiger partial charge on any atom is 0.262 e. The SMILES string of the molecule is CCCc1ccc(S(=O)(=O)Nc2c(N)cccc2Cl)cc1. The van der Waals surface area contributed by atoms with Gasteiger partial charge in [0, 0.05) is 0 Å². The number of nitrogens with one attached hydrogen (secondary N) is 1. The van der Waals surface area contributed by atoms with Gasteiger partial charge in [0.25, 0.3) is 10.0 Å². The summed E-state index contributed by atoms with van der Waals surface area (Å²) in [5.74, 6) is 0. The second-order valence-electron chi connectivity index (χ2n) is 4.70. The molecule has 112 valence electrons. The lowest BCUT2D eigenvalue weighted by Crippen LogP contribution is -2.14. The van der Waals surface area contributed by atoms with Crippen molar-refractivity contribution in [1.29, 1.82) is 0 Å². The summed E-state index contributed by atoms with van der Waals surface area (Å²) in [4.78, 5) is 0.182. The van der Waals surface area contributed by atoms with Crippen molar-refractivity contribution in [1.82, 2.24) is 0 Å². The second kappa shape index (κ2) is 6.37. The van der Waals surface area contributed by atoms with Crippen LogP contribution in [0.1, 0.15) is 18.9 Å². The van der Waals surface area contributed by atoms with Crippen LogP contribution in [0.5, 0.6) is 0 Å². The van der Waals surface area contributed by atoms with Gasteiger partial charge in [-0.15, -0.1) is 0 Å². The van der Waals surface area contributed by atoms with Crippen molar-refractivity contribution < 1.29 is 8.42 Å². The molecular weight excluding hydrogens is 308 g/mol. The molecule has 0 saturated carbocycles. The Labute approximate surface area is 130 Å². The summed E-state index contributed by atoms with van der Waals surface area (Å²) < 4.78 is 27.1. The first-order chi connectivity index (χ1) is 9.94. The van der Waals surface area contributed by atoms with Crippen LogP contribution >= 0.6 is 11.6 Å². The van der Waals surface area contributed by atoms with Gasteiger partial charge in [-0.05, 0) is 36.2 Å². The lowest BCUT2D eigenvalue weighted by molar-refractivity contribution is 0.601. The maximum absolute atomic E-state index is 12.3. The normalized spacial score (nSPS) is 11.3. The van der Waals surface area contributed by atoms with Crippen molar-refractivity contribution in [3.05, 3.63) is 53.1 Å². The molecule has 0 bridgehead atoms. The molecule has 0 saturated heterocycles. The molecule has 2 aromatic carbocycles. The average Bonchev–Trinajstić information content (AvgIpc) is 2.44. The zero-order valence-electron chi connectivity index (χ0n) is 11.6. The molecule has 0 fully saturated rings.